The number of amides is 1. The summed E-state index contributed by atoms with van der Waals surface area (Å²) in [6.45, 7) is 1.12. The van der Waals surface area contributed by atoms with Crippen molar-refractivity contribution in [2.75, 3.05) is 30.7 Å². The van der Waals surface area contributed by atoms with Crippen molar-refractivity contribution < 1.29 is 17.6 Å². The van der Waals surface area contributed by atoms with E-state index >= 15 is 0 Å². The molecule has 9 nitrogen and oxygen atoms in total. The highest BCUT2D eigenvalue weighted by atomic mass is 32.2. The lowest BCUT2D eigenvalue weighted by Gasteiger charge is -2.10. The Hall–Kier alpha value is -3.41. The van der Waals surface area contributed by atoms with Gasteiger partial charge in [0.15, 0.2) is 5.58 Å². The fraction of sp³-hybridized carbons (Fsp3) is 0.182. The van der Waals surface area contributed by atoms with Crippen LogP contribution in [0.2, 0.25) is 0 Å². The van der Waals surface area contributed by atoms with Crippen LogP contribution < -0.4 is 15.8 Å². The molecule has 0 fully saturated rings. The molecule has 0 saturated heterocycles. The molecule has 0 atom stereocenters. The van der Waals surface area contributed by atoms with Crippen LogP contribution in [0.4, 0.5) is 11.4 Å². The molecule has 2 aromatic heterocycles. The molecule has 11 heteroatoms. The smallest absolute Gasteiger partial charge is 0.408 e. The van der Waals surface area contributed by atoms with Crippen molar-refractivity contribution in [3.63, 3.8) is 0 Å². The molecular weight excluding hydrogens is 464 g/mol. The molecule has 0 radical (unpaired) electrons. The van der Waals surface area contributed by atoms with E-state index in [2.05, 4.69) is 10.0 Å². The summed E-state index contributed by atoms with van der Waals surface area (Å²) < 4.78 is 34.2. The van der Waals surface area contributed by atoms with Crippen LogP contribution in [0.1, 0.15) is 10.4 Å². The summed E-state index contributed by atoms with van der Waals surface area (Å²) in [6.07, 6.45) is 0. The van der Waals surface area contributed by atoms with E-state index in [1.54, 1.807) is 29.6 Å². The summed E-state index contributed by atoms with van der Waals surface area (Å²) in [5, 5.41) is 4.48. The summed E-state index contributed by atoms with van der Waals surface area (Å²) in [5.41, 5.74) is 2.25. The second-order valence-electron chi connectivity index (χ2n) is 7.57. The second-order valence-corrected chi connectivity index (χ2v) is 10.4. The summed E-state index contributed by atoms with van der Waals surface area (Å²) in [5.74, 6) is -0.816. The first kappa shape index (κ1) is 22.8. The van der Waals surface area contributed by atoms with Crippen LogP contribution in [-0.4, -0.2) is 44.4 Å². The monoisotopic (exact) mass is 486 g/mol. The lowest BCUT2D eigenvalue weighted by atomic mass is 10.2. The maximum absolute atomic E-state index is 12.7. The van der Waals surface area contributed by atoms with Gasteiger partial charge in [0.2, 0.25) is 0 Å². The van der Waals surface area contributed by atoms with Crippen molar-refractivity contribution in [3.8, 4) is 0 Å². The Balaban J connectivity index is 1.49. The molecule has 1 amide bonds. The topological polar surface area (TPSA) is 114 Å². The van der Waals surface area contributed by atoms with Gasteiger partial charge in [-0.25, -0.2) is 13.2 Å². The number of anilines is 2. The lowest BCUT2D eigenvalue weighted by molar-refractivity contribution is 0.102. The lowest BCUT2D eigenvalue weighted by Crippen LogP contribution is -2.23. The average molecular weight is 487 g/mol. The van der Waals surface area contributed by atoms with E-state index in [1.165, 1.54) is 34.9 Å². The average Bonchev–Trinajstić information content (AvgIpc) is 3.41. The molecule has 0 saturated carbocycles. The molecule has 4 aromatic rings. The Bertz CT molecular complexity index is 1440. The normalized spacial score (nSPS) is 11.7. The van der Waals surface area contributed by atoms with Gasteiger partial charge in [-0.15, -0.1) is 11.3 Å². The molecule has 2 aromatic carbocycles. The zero-order chi connectivity index (χ0) is 23.6. The van der Waals surface area contributed by atoms with Crippen LogP contribution >= 0.6 is 11.3 Å². The van der Waals surface area contributed by atoms with Crippen molar-refractivity contribution in [2.45, 2.75) is 10.8 Å². The molecular formula is C22H22N4O5S2. The number of aromatic nitrogens is 1. The third-order valence-electron chi connectivity index (χ3n) is 4.86. The summed E-state index contributed by atoms with van der Waals surface area (Å²) in [4.78, 5) is 26.8. The summed E-state index contributed by atoms with van der Waals surface area (Å²) in [6, 6.07) is 14.3. The molecule has 0 spiro atoms. The Morgan fingerprint density at radius 1 is 1.09 bits per heavy atom. The maximum atomic E-state index is 12.7. The number of hydrogen-bond acceptors (Lipinski definition) is 7. The first-order valence-corrected chi connectivity index (χ1v) is 12.3. The molecule has 172 valence electrons. The number of fused-ring (bicyclic) bond motifs is 1. The molecule has 0 aliphatic carbocycles. The minimum absolute atomic E-state index is 0.211. The zero-order valence-electron chi connectivity index (χ0n) is 17.9. The van der Waals surface area contributed by atoms with Gasteiger partial charge in [0.25, 0.3) is 15.9 Å². The van der Waals surface area contributed by atoms with Crippen molar-refractivity contribution in [1.29, 1.82) is 0 Å². The minimum atomic E-state index is -3.66. The van der Waals surface area contributed by atoms with Crippen LogP contribution in [0.15, 0.2) is 73.4 Å². The number of oxazole rings is 1. The van der Waals surface area contributed by atoms with Gasteiger partial charge in [-0.2, -0.15) is 0 Å². The maximum Gasteiger partial charge on any atom is 0.419 e. The van der Waals surface area contributed by atoms with E-state index in [0.29, 0.717) is 41.1 Å². The minimum Gasteiger partial charge on any atom is -0.408 e. The summed E-state index contributed by atoms with van der Waals surface area (Å²) in [7, 11) is 0.172. The molecule has 4 rings (SSSR count). The number of sulfonamides is 1. The van der Waals surface area contributed by atoms with Gasteiger partial charge in [-0.05, 0) is 68.0 Å². The Labute approximate surface area is 194 Å². The first-order valence-electron chi connectivity index (χ1n) is 9.99. The molecule has 2 N–H and O–H groups in total. The predicted octanol–water partition coefficient (Wildman–Crippen LogP) is 3.27. The number of carbonyl (C=O) groups excluding carboxylic acids is 1. The number of likely N-dealkylation sites (N-methyl/N-ethyl adjacent to an activating group) is 1. The fourth-order valence-corrected chi connectivity index (χ4v) is 5.22. The third-order valence-corrected chi connectivity index (χ3v) is 7.63. The van der Waals surface area contributed by atoms with Crippen LogP contribution in [-0.2, 0) is 16.6 Å². The number of rotatable bonds is 8. The second kappa shape index (κ2) is 9.22. The zero-order valence-corrected chi connectivity index (χ0v) is 19.6. The third kappa shape index (κ3) is 5.16. The molecule has 0 unspecified atom stereocenters. The number of nitrogens with zero attached hydrogens (tertiary/aromatic N) is 2. The van der Waals surface area contributed by atoms with Gasteiger partial charge >= 0.3 is 5.76 Å². The number of thiophene rings is 1. The van der Waals surface area contributed by atoms with Crippen LogP contribution in [0.25, 0.3) is 11.1 Å². The highest BCUT2D eigenvalue weighted by Gasteiger charge is 2.16. The summed E-state index contributed by atoms with van der Waals surface area (Å²) >= 11 is 1.12. The molecule has 2 heterocycles. The Morgan fingerprint density at radius 2 is 1.82 bits per heavy atom. The first-order chi connectivity index (χ1) is 15.7. The Morgan fingerprint density at radius 3 is 2.48 bits per heavy atom. The van der Waals surface area contributed by atoms with E-state index < -0.39 is 15.8 Å². The van der Waals surface area contributed by atoms with E-state index in [0.717, 1.165) is 11.3 Å². The molecule has 33 heavy (non-hydrogen) atoms. The number of benzene rings is 2. The standard InChI is InChI=1S/C22H22N4O5S2/c1-25(2)11-12-26-18-14-17(9-10-19(18)31-22(26)28)23-21(27)15-5-7-16(8-6-15)24-33(29,30)20-4-3-13-32-20/h3-10,13-14,24H,11-12H2,1-2H3,(H,23,27). The van der Waals surface area contributed by atoms with Crippen molar-refractivity contribution in [3.05, 3.63) is 76.1 Å². The van der Waals surface area contributed by atoms with Crippen molar-refractivity contribution in [2.24, 2.45) is 0 Å². The molecule has 0 bridgehead atoms. The van der Waals surface area contributed by atoms with E-state index in [9.17, 15) is 18.0 Å². The van der Waals surface area contributed by atoms with Gasteiger partial charge in [-0.1, -0.05) is 6.07 Å². The SMILES string of the molecule is CN(C)CCn1c(=O)oc2ccc(NC(=O)c3ccc(NS(=O)(=O)c4cccs4)cc3)cc21. The predicted molar refractivity (Wildman–Crippen MR) is 129 cm³/mol. The highest BCUT2D eigenvalue weighted by Crippen LogP contribution is 2.22. The largest absolute Gasteiger partial charge is 0.419 e. The Kier molecular flexibility index (Phi) is 6.36. The van der Waals surface area contributed by atoms with Gasteiger partial charge in [0.05, 0.1) is 5.52 Å². The molecule has 0 aliphatic rings. The van der Waals surface area contributed by atoms with Gasteiger partial charge in [0.1, 0.15) is 4.21 Å². The van der Waals surface area contributed by atoms with E-state index in [4.69, 9.17) is 4.42 Å². The van der Waals surface area contributed by atoms with E-state index in [1.807, 2.05) is 19.0 Å². The van der Waals surface area contributed by atoms with Crippen LogP contribution in [0, 0.1) is 0 Å². The van der Waals surface area contributed by atoms with Crippen LogP contribution in [0.5, 0.6) is 0 Å². The number of nitrogens with one attached hydrogen (secondary N) is 2. The van der Waals surface area contributed by atoms with Crippen molar-refractivity contribution in [1.82, 2.24) is 9.47 Å². The fourth-order valence-electron chi connectivity index (χ4n) is 3.17. The van der Waals surface area contributed by atoms with Gasteiger partial charge in [0, 0.05) is 30.0 Å². The van der Waals surface area contributed by atoms with Crippen LogP contribution in [0.3, 0.4) is 0 Å². The number of carbonyl (C=O) groups is 1. The quantitative estimate of drug-likeness (QED) is 0.395. The van der Waals surface area contributed by atoms with Gasteiger partial charge in [-0.3, -0.25) is 14.1 Å². The van der Waals surface area contributed by atoms with Gasteiger partial charge < -0.3 is 14.6 Å². The molecule has 0 aliphatic heterocycles. The van der Waals surface area contributed by atoms with E-state index in [-0.39, 0.29) is 10.1 Å². The highest BCUT2D eigenvalue weighted by molar-refractivity contribution is 7.94. The number of hydrogen-bond donors (Lipinski definition) is 2. The van der Waals surface area contributed by atoms with Crippen molar-refractivity contribution >= 4 is 49.7 Å².